The Morgan fingerprint density at radius 1 is 1.83 bits per heavy atom. The van der Waals surface area contributed by atoms with Crippen LogP contribution in [0.5, 0.6) is 0 Å². The average Bonchev–Trinajstić information content (AvgIpc) is 2.36. The van der Waals surface area contributed by atoms with Crippen LogP contribution in [-0.2, 0) is 13.6 Å². The zero-order valence-electron chi connectivity index (χ0n) is 7.05. The van der Waals surface area contributed by atoms with E-state index in [-0.39, 0.29) is 0 Å². The highest BCUT2D eigenvalue weighted by Gasteiger charge is 2.01. The molecule has 1 aromatic rings. The van der Waals surface area contributed by atoms with Crippen molar-refractivity contribution >= 4 is 11.6 Å². The Morgan fingerprint density at radius 2 is 2.58 bits per heavy atom. The topological polar surface area (TPSA) is 29.9 Å². The molecule has 1 aromatic heterocycles. The van der Waals surface area contributed by atoms with Crippen LogP contribution in [0.25, 0.3) is 0 Å². The maximum Gasteiger partial charge on any atom is 0.128 e. The van der Waals surface area contributed by atoms with Crippen LogP contribution in [0.15, 0.2) is 18.9 Å². The second-order valence-corrected chi connectivity index (χ2v) is 2.86. The van der Waals surface area contributed by atoms with Gasteiger partial charge in [-0.1, -0.05) is 17.7 Å². The zero-order valence-corrected chi connectivity index (χ0v) is 7.80. The van der Waals surface area contributed by atoms with E-state index in [1.54, 1.807) is 6.20 Å². The lowest BCUT2D eigenvalue weighted by molar-refractivity contribution is 0.681. The molecular weight excluding hydrogens is 174 g/mol. The van der Waals surface area contributed by atoms with Gasteiger partial charge in [-0.05, 0) is 0 Å². The van der Waals surface area contributed by atoms with Crippen LogP contribution in [0.1, 0.15) is 5.82 Å². The Hall–Kier alpha value is -0.800. The van der Waals surface area contributed by atoms with Gasteiger partial charge >= 0.3 is 0 Å². The molecule has 0 bridgehead atoms. The maximum atomic E-state index is 5.79. The smallest absolute Gasteiger partial charge is 0.128 e. The number of nitrogens with one attached hydrogen (secondary N) is 1. The summed E-state index contributed by atoms with van der Waals surface area (Å²) < 4.78 is 1.84. The van der Waals surface area contributed by atoms with Gasteiger partial charge in [-0.3, -0.25) is 0 Å². The Kier molecular flexibility index (Phi) is 3.31. The van der Waals surface area contributed by atoms with Gasteiger partial charge in [0.1, 0.15) is 11.0 Å². The monoisotopic (exact) mass is 185 g/mol. The largest absolute Gasteiger partial charge is 0.321 e. The highest BCUT2D eigenvalue weighted by molar-refractivity contribution is 6.29. The van der Waals surface area contributed by atoms with Gasteiger partial charge < -0.3 is 9.88 Å². The third-order valence-electron chi connectivity index (χ3n) is 1.60. The van der Waals surface area contributed by atoms with E-state index in [1.165, 1.54) is 0 Å². The van der Waals surface area contributed by atoms with E-state index in [0.29, 0.717) is 5.15 Å². The number of rotatable bonds is 4. The Balaban J connectivity index is 2.51. The highest BCUT2D eigenvalue weighted by atomic mass is 35.5. The van der Waals surface area contributed by atoms with Crippen molar-refractivity contribution in [3.8, 4) is 0 Å². The maximum absolute atomic E-state index is 5.79. The van der Waals surface area contributed by atoms with Gasteiger partial charge in [0.15, 0.2) is 0 Å². The highest BCUT2D eigenvalue weighted by Crippen LogP contribution is 2.08. The van der Waals surface area contributed by atoms with Gasteiger partial charge in [-0.25, -0.2) is 4.98 Å². The summed E-state index contributed by atoms with van der Waals surface area (Å²) in [5.41, 5.74) is 0. The summed E-state index contributed by atoms with van der Waals surface area (Å²) in [6.45, 7) is 5.10. The minimum absolute atomic E-state index is 0.658. The van der Waals surface area contributed by atoms with Crippen molar-refractivity contribution in [1.82, 2.24) is 14.9 Å². The summed E-state index contributed by atoms with van der Waals surface area (Å²) in [6, 6.07) is 0. The molecule has 0 amide bonds. The first-order valence-electron chi connectivity index (χ1n) is 3.73. The van der Waals surface area contributed by atoms with Crippen molar-refractivity contribution in [2.24, 2.45) is 7.05 Å². The van der Waals surface area contributed by atoms with Crippen molar-refractivity contribution < 1.29 is 0 Å². The third kappa shape index (κ3) is 2.09. The van der Waals surface area contributed by atoms with Gasteiger partial charge in [-0.2, -0.15) is 0 Å². The molecule has 3 nitrogen and oxygen atoms in total. The zero-order chi connectivity index (χ0) is 8.97. The molecule has 0 spiro atoms. The summed E-state index contributed by atoms with van der Waals surface area (Å²) in [7, 11) is 1.89. The van der Waals surface area contributed by atoms with E-state index in [9.17, 15) is 0 Å². The second kappa shape index (κ2) is 4.28. The summed E-state index contributed by atoms with van der Waals surface area (Å²) in [5.74, 6) is 0.932. The molecule has 0 aromatic carbocycles. The van der Waals surface area contributed by atoms with Gasteiger partial charge in [0.2, 0.25) is 0 Å². The quantitative estimate of drug-likeness (QED) is 0.567. The van der Waals surface area contributed by atoms with Gasteiger partial charge in [0, 0.05) is 13.6 Å². The standard InChI is InChI=1S/C8H12ClN3/c1-3-4-10-6-8-11-5-7(9)12(8)2/h3,5,10H,1,4,6H2,2H3. The lowest BCUT2D eigenvalue weighted by Crippen LogP contribution is -2.15. The van der Waals surface area contributed by atoms with Crippen molar-refractivity contribution in [3.05, 3.63) is 29.8 Å². The molecule has 0 aliphatic carbocycles. The molecule has 66 valence electrons. The molecule has 0 aliphatic heterocycles. The van der Waals surface area contributed by atoms with Crippen molar-refractivity contribution in [3.63, 3.8) is 0 Å². The van der Waals surface area contributed by atoms with Gasteiger partial charge in [0.05, 0.1) is 12.7 Å². The molecule has 1 heterocycles. The lowest BCUT2D eigenvalue weighted by atomic mass is 10.5. The van der Waals surface area contributed by atoms with Crippen molar-refractivity contribution in [2.45, 2.75) is 6.54 Å². The predicted molar refractivity (Wildman–Crippen MR) is 50.1 cm³/mol. The molecule has 0 atom stereocenters. The van der Waals surface area contributed by atoms with Crippen molar-refractivity contribution in [1.29, 1.82) is 0 Å². The third-order valence-corrected chi connectivity index (χ3v) is 1.95. The number of aromatic nitrogens is 2. The predicted octanol–water partition coefficient (Wildman–Crippen LogP) is 1.35. The van der Waals surface area contributed by atoms with E-state index < -0.39 is 0 Å². The molecule has 0 radical (unpaired) electrons. The van der Waals surface area contributed by atoms with Crippen LogP contribution in [0.2, 0.25) is 5.15 Å². The van der Waals surface area contributed by atoms with Gasteiger partial charge in [0.25, 0.3) is 0 Å². The first kappa shape index (κ1) is 9.29. The molecule has 1 rings (SSSR count). The first-order chi connectivity index (χ1) is 5.75. The van der Waals surface area contributed by atoms with Crippen LogP contribution in [0, 0.1) is 0 Å². The minimum Gasteiger partial charge on any atom is -0.321 e. The van der Waals surface area contributed by atoms with Crippen molar-refractivity contribution in [2.75, 3.05) is 6.54 Å². The normalized spacial score (nSPS) is 10.2. The number of hydrogen-bond donors (Lipinski definition) is 1. The molecule has 0 fully saturated rings. The van der Waals surface area contributed by atoms with Crippen LogP contribution in [0.4, 0.5) is 0 Å². The van der Waals surface area contributed by atoms with E-state index in [1.807, 2.05) is 17.7 Å². The summed E-state index contributed by atoms with van der Waals surface area (Å²) in [4.78, 5) is 4.12. The fourth-order valence-corrected chi connectivity index (χ4v) is 1.02. The van der Waals surface area contributed by atoms with Crippen LogP contribution in [-0.4, -0.2) is 16.1 Å². The minimum atomic E-state index is 0.658. The van der Waals surface area contributed by atoms with Gasteiger partial charge in [-0.15, -0.1) is 6.58 Å². The summed E-state index contributed by atoms with van der Waals surface area (Å²) in [5, 5.41) is 3.80. The molecule has 0 unspecified atom stereocenters. The first-order valence-corrected chi connectivity index (χ1v) is 4.11. The molecular formula is C8H12ClN3. The average molecular weight is 186 g/mol. The van der Waals surface area contributed by atoms with E-state index >= 15 is 0 Å². The molecule has 4 heteroatoms. The summed E-state index contributed by atoms with van der Waals surface area (Å²) >= 11 is 5.79. The number of nitrogens with zero attached hydrogens (tertiary/aromatic N) is 2. The van der Waals surface area contributed by atoms with Crippen LogP contribution < -0.4 is 5.32 Å². The second-order valence-electron chi connectivity index (χ2n) is 2.48. The number of hydrogen-bond acceptors (Lipinski definition) is 2. The lowest BCUT2D eigenvalue weighted by Gasteiger charge is -2.02. The molecule has 0 aliphatic rings. The molecule has 0 saturated heterocycles. The van der Waals surface area contributed by atoms with Crippen LogP contribution in [0.3, 0.4) is 0 Å². The Labute approximate surface area is 77.1 Å². The fraction of sp³-hybridized carbons (Fsp3) is 0.375. The van der Waals surface area contributed by atoms with E-state index in [0.717, 1.165) is 18.9 Å². The Bertz CT molecular complexity index is 267. The fourth-order valence-electron chi connectivity index (χ4n) is 0.875. The molecule has 12 heavy (non-hydrogen) atoms. The summed E-state index contributed by atoms with van der Waals surface area (Å²) in [6.07, 6.45) is 3.46. The van der Waals surface area contributed by atoms with E-state index in [4.69, 9.17) is 11.6 Å². The Morgan fingerprint density at radius 3 is 3.08 bits per heavy atom. The van der Waals surface area contributed by atoms with Crippen LogP contribution >= 0.6 is 11.6 Å². The SMILES string of the molecule is C=CCNCc1ncc(Cl)n1C. The molecule has 1 N–H and O–H groups in total. The van der Waals surface area contributed by atoms with E-state index in [2.05, 4.69) is 16.9 Å². The molecule has 0 saturated carbocycles. The number of halogens is 1. The number of imidazole rings is 1.